The molecule has 0 bridgehead atoms. The number of anilines is 1. The van der Waals surface area contributed by atoms with Crippen molar-refractivity contribution in [2.24, 2.45) is 0 Å². The predicted octanol–water partition coefficient (Wildman–Crippen LogP) is 4.29. The van der Waals surface area contributed by atoms with E-state index in [1.54, 1.807) is 37.3 Å². The van der Waals surface area contributed by atoms with Crippen LogP contribution >= 0.6 is 23.2 Å². The molecule has 8 heteroatoms. The smallest absolute Gasteiger partial charge is 0.331 e. The quantitative estimate of drug-likeness (QED) is 0.545. The number of carbonyl (C=O) groups is 2. The predicted molar refractivity (Wildman–Crippen MR) is 105 cm³/mol. The summed E-state index contributed by atoms with van der Waals surface area (Å²) in [5, 5.41) is 3.06. The van der Waals surface area contributed by atoms with Crippen LogP contribution in [0, 0.1) is 6.92 Å². The van der Waals surface area contributed by atoms with Crippen LogP contribution in [0.25, 0.3) is 6.08 Å². The largest absolute Gasteiger partial charge is 0.494 e. The molecule has 1 aromatic heterocycles. The Morgan fingerprint density at radius 3 is 2.56 bits per heavy atom. The van der Waals surface area contributed by atoms with Gasteiger partial charge < -0.3 is 14.8 Å². The van der Waals surface area contributed by atoms with Crippen LogP contribution in [0.5, 0.6) is 5.75 Å². The van der Waals surface area contributed by atoms with E-state index in [4.69, 9.17) is 32.7 Å². The highest BCUT2D eigenvalue weighted by Gasteiger charge is 2.11. The van der Waals surface area contributed by atoms with Crippen LogP contribution in [0.3, 0.4) is 0 Å². The highest BCUT2D eigenvalue weighted by Crippen LogP contribution is 2.25. The maximum atomic E-state index is 11.9. The maximum Gasteiger partial charge on any atom is 0.331 e. The molecule has 2 rings (SSSR count). The van der Waals surface area contributed by atoms with E-state index < -0.39 is 18.5 Å². The number of benzene rings is 1. The number of esters is 1. The fraction of sp³-hybridized carbons (Fsp3) is 0.211. The first kappa shape index (κ1) is 20.7. The molecular weight excluding hydrogens is 391 g/mol. The molecule has 1 amide bonds. The Bertz CT molecular complexity index is 852. The van der Waals surface area contributed by atoms with Gasteiger partial charge in [0.2, 0.25) is 0 Å². The summed E-state index contributed by atoms with van der Waals surface area (Å²) in [7, 11) is 0. The summed E-state index contributed by atoms with van der Waals surface area (Å²) in [6.07, 6.45) is 2.82. The first-order valence-corrected chi connectivity index (χ1v) is 8.85. The van der Waals surface area contributed by atoms with Gasteiger partial charge in [-0.15, -0.1) is 0 Å². The van der Waals surface area contributed by atoms with Crippen LogP contribution in [0.2, 0.25) is 10.0 Å². The van der Waals surface area contributed by atoms with Gasteiger partial charge in [-0.1, -0.05) is 35.3 Å². The highest BCUT2D eigenvalue weighted by atomic mass is 35.5. The zero-order valence-electron chi connectivity index (χ0n) is 14.8. The van der Waals surface area contributed by atoms with Crippen molar-refractivity contribution < 1.29 is 19.1 Å². The van der Waals surface area contributed by atoms with Gasteiger partial charge in [0, 0.05) is 6.08 Å². The summed E-state index contributed by atoms with van der Waals surface area (Å²) in [6.45, 7) is 3.70. The van der Waals surface area contributed by atoms with E-state index in [9.17, 15) is 9.59 Å². The number of aryl methyl sites for hydroxylation is 1. The SMILES string of the molecule is CCOc1ccc(/C=C/C(=O)OCC(=O)Nc2nc(C)c(Cl)cc2Cl)cc1. The number of pyridine rings is 1. The van der Waals surface area contributed by atoms with Crippen LogP contribution in [0.4, 0.5) is 5.82 Å². The molecule has 0 spiro atoms. The summed E-state index contributed by atoms with van der Waals surface area (Å²) < 4.78 is 10.2. The number of hydrogen-bond donors (Lipinski definition) is 1. The molecule has 1 aromatic carbocycles. The van der Waals surface area contributed by atoms with Crippen molar-refractivity contribution in [2.75, 3.05) is 18.5 Å². The standard InChI is InChI=1S/C19H18Cl2N2O4/c1-3-26-14-7-4-13(5-8-14)6-9-18(25)27-11-17(24)23-19-16(21)10-15(20)12(2)22-19/h4-10H,3,11H2,1-2H3,(H,22,23,24)/b9-6+. The first-order valence-electron chi connectivity index (χ1n) is 8.09. The normalized spacial score (nSPS) is 10.7. The minimum absolute atomic E-state index is 0.157. The molecule has 0 radical (unpaired) electrons. The number of amides is 1. The summed E-state index contributed by atoms with van der Waals surface area (Å²) in [5.74, 6) is -0.303. The van der Waals surface area contributed by atoms with Gasteiger partial charge in [0.1, 0.15) is 5.75 Å². The second kappa shape index (κ2) is 9.94. The molecule has 0 fully saturated rings. The van der Waals surface area contributed by atoms with Gasteiger partial charge in [0.15, 0.2) is 12.4 Å². The number of ether oxygens (including phenoxy) is 2. The fourth-order valence-electron chi connectivity index (χ4n) is 2.01. The number of aromatic nitrogens is 1. The number of nitrogens with zero attached hydrogens (tertiary/aromatic N) is 1. The van der Waals surface area contributed by atoms with E-state index in [1.165, 1.54) is 12.1 Å². The number of rotatable bonds is 7. The Morgan fingerprint density at radius 2 is 1.89 bits per heavy atom. The second-order valence-electron chi connectivity index (χ2n) is 5.38. The van der Waals surface area contributed by atoms with E-state index in [-0.39, 0.29) is 10.8 Å². The molecule has 2 aromatic rings. The Labute approximate surface area is 167 Å². The molecule has 0 saturated heterocycles. The van der Waals surface area contributed by atoms with E-state index in [0.717, 1.165) is 11.3 Å². The Morgan fingerprint density at radius 1 is 1.19 bits per heavy atom. The number of carbonyl (C=O) groups excluding carboxylic acids is 2. The van der Waals surface area contributed by atoms with Crippen molar-refractivity contribution in [3.8, 4) is 5.75 Å². The Balaban J connectivity index is 1.84. The molecule has 0 saturated carbocycles. The van der Waals surface area contributed by atoms with Gasteiger partial charge in [-0.25, -0.2) is 9.78 Å². The number of nitrogens with one attached hydrogen (secondary N) is 1. The van der Waals surface area contributed by atoms with E-state index >= 15 is 0 Å². The Kier molecular flexibility index (Phi) is 7.64. The third kappa shape index (κ3) is 6.58. The molecule has 27 heavy (non-hydrogen) atoms. The lowest BCUT2D eigenvalue weighted by atomic mass is 10.2. The lowest BCUT2D eigenvalue weighted by molar-refractivity contribution is -0.142. The van der Waals surface area contributed by atoms with Gasteiger partial charge in [-0.2, -0.15) is 0 Å². The summed E-state index contributed by atoms with van der Waals surface area (Å²) in [4.78, 5) is 27.7. The van der Waals surface area contributed by atoms with Crippen LogP contribution in [-0.2, 0) is 14.3 Å². The molecule has 1 heterocycles. The van der Waals surface area contributed by atoms with Crippen LogP contribution < -0.4 is 10.1 Å². The average Bonchev–Trinajstić information content (AvgIpc) is 2.64. The van der Waals surface area contributed by atoms with Crippen molar-refractivity contribution in [1.29, 1.82) is 0 Å². The molecule has 1 N–H and O–H groups in total. The van der Waals surface area contributed by atoms with E-state index in [2.05, 4.69) is 10.3 Å². The average molecular weight is 409 g/mol. The first-order chi connectivity index (χ1) is 12.9. The zero-order chi connectivity index (χ0) is 19.8. The second-order valence-corrected chi connectivity index (χ2v) is 6.19. The highest BCUT2D eigenvalue weighted by molar-refractivity contribution is 6.36. The minimum Gasteiger partial charge on any atom is -0.494 e. The third-order valence-corrected chi connectivity index (χ3v) is 3.98. The zero-order valence-corrected chi connectivity index (χ0v) is 16.3. The van der Waals surface area contributed by atoms with Crippen molar-refractivity contribution in [1.82, 2.24) is 4.98 Å². The third-order valence-electron chi connectivity index (χ3n) is 3.31. The maximum absolute atomic E-state index is 11.9. The molecule has 142 valence electrons. The van der Waals surface area contributed by atoms with E-state index in [0.29, 0.717) is 17.3 Å². The molecule has 0 aliphatic carbocycles. The van der Waals surface area contributed by atoms with Crippen molar-refractivity contribution in [3.05, 3.63) is 57.7 Å². The topological polar surface area (TPSA) is 77.5 Å². The molecule has 0 atom stereocenters. The molecule has 6 nitrogen and oxygen atoms in total. The molecule has 0 aliphatic rings. The summed E-state index contributed by atoms with van der Waals surface area (Å²) in [5.41, 5.74) is 1.32. The number of halogens is 2. The summed E-state index contributed by atoms with van der Waals surface area (Å²) >= 11 is 11.9. The number of hydrogen-bond acceptors (Lipinski definition) is 5. The van der Waals surface area contributed by atoms with Crippen LogP contribution in [0.1, 0.15) is 18.2 Å². The minimum atomic E-state index is -0.648. The van der Waals surface area contributed by atoms with Gasteiger partial charge in [-0.05, 0) is 43.7 Å². The monoisotopic (exact) mass is 408 g/mol. The Hall–Kier alpha value is -2.57. The van der Waals surface area contributed by atoms with Crippen LogP contribution in [-0.4, -0.2) is 30.1 Å². The summed E-state index contributed by atoms with van der Waals surface area (Å²) in [6, 6.07) is 8.68. The molecule has 0 aliphatic heterocycles. The van der Waals surface area contributed by atoms with Gasteiger partial charge >= 0.3 is 5.97 Å². The molecule has 0 unspecified atom stereocenters. The van der Waals surface area contributed by atoms with Crippen molar-refractivity contribution in [3.63, 3.8) is 0 Å². The molecular formula is C19H18Cl2N2O4. The van der Waals surface area contributed by atoms with Gasteiger partial charge in [0.25, 0.3) is 5.91 Å². The van der Waals surface area contributed by atoms with Crippen molar-refractivity contribution >= 4 is 47.0 Å². The van der Waals surface area contributed by atoms with Crippen LogP contribution in [0.15, 0.2) is 36.4 Å². The van der Waals surface area contributed by atoms with Crippen molar-refractivity contribution in [2.45, 2.75) is 13.8 Å². The fourth-order valence-corrected chi connectivity index (χ4v) is 2.41. The van der Waals surface area contributed by atoms with Gasteiger partial charge in [-0.3, -0.25) is 4.79 Å². The lowest BCUT2D eigenvalue weighted by Gasteiger charge is -2.08. The van der Waals surface area contributed by atoms with E-state index in [1.807, 2.05) is 6.92 Å². The lowest BCUT2D eigenvalue weighted by Crippen LogP contribution is -2.21. The van der Waals surface area contributed by atoms with Gasteiger partial charge in [0.05, 0.1) is 22.3 Å².